The minimum absolute atomic E-state index is 0.113. The maximum absolute atomic E-state index is 12.0. The third-order valence-electron chi connectivity index (χ3n) is 5.31. The SMILES string of the molecule is O=C(CSCC(=O)N/N=C\c1ccc(-c2ccccc2)cc1)N/N=C\c1ccc(-c2ccccc2)cc1. The predicted octanol–water partition coefficient (Wildman–Crippen LogP) is 5.35. The van der Waals surface area contributed by atoms with E-state index in [0.29, 0.717) is 0 Å². The van der Waals surface area contributed by atoms with Crippen molar-refractivity contribution in [1.82, 2.24) is 10.9 Å². The van der Waals surface area contributed by atoms with Crippen molar-refractivity contribution in [3.8, 4) is 22.3 Å². The van der Waals surface area contributed by atoms with Crippen LogP contribution in [0.3, 0.4) is 0 Å². The van der Waals surface area contributed by atoms with Gasteiger partial charge in [0.05, 0.1) is 23.9 Å². The van der Waals surface area contributed by atoms with Crippen LogP contribution in [0.2, 0.25) is 0 Å². The highest BCUT2D eigenvalue weighted by Gasteiger charge is 2.04. The third kappa shape index (κ3) is 8.30. The number of hydrazone groups is 2. The fourth-order valence-electron chi connectivity index (χ4n) is 3.44. The van der Waals surface area contributed by atoms with Gasteiger partial charge in [-0.25, -0.2) is 10.9 Å². The molecule has 0 aromatic heterocycles. The third-order valence-corrected chi connectivity index (χ3v) is 6.24. The van der Waals surface area contributed by atoms with Crippen LogP contribution in [0.25, 0.3) is 22.3 Å². The lowest BCUT2D eigenvalue weighted by atomic mass is 10.0. The van der Waals surface area contributed by atoms with E-state index in [9.17, 15) is 9.59 Å². The van der Waals surface area contributed by atoms with Gasteiger partial charge >= 0.3 is 0 Å². The molecule has 0 fully saturated rings. The summed E-state index contributed by atoms with van der Waals surface area (Å²) in [6.45, 7) is 0. The van der Waals surface area contributed by atoms with Gasteiger partial charge in [-0.3, -0.25) is 9.59 Å². The van der Waals surface area contributed by atoms with Crippen molar-refractivity contribution in [3.63, 3.8) is 0 Å². The smallest absolute Gasteiger partial charge is 0.250 e. The Hall–Kier alpha value is -4.49. The molecule has 0 radical (unpaired) electrons. The van der Waals surface area contributed by atoms with Gasteiger partial charge in [-0.05, 0) is 33.4 Å². The molecule has 4 aromatic rings. The lowest BCUT2D eigenvalue weighted by Crippen LogP contribution is -2.23. The van der Waals surface area contributed by atoms with Gasteiger partial charge in [-0.2, -0.15) is 10.2 Å². The molecule has 0 aliphatic heterocycles. The zero-order valence-corrected chi connectivity index (χ0v) is 20.9. The molecule has 0 aliphatic rings. The first kappa shape index (κ1) is 25.6. The van der Waals surface area contributed by atoms with Crippen molar-refractivity contribution in [2.24, 2.45) is 10.2 Å². The summed E-state index contributed by atoms with van der Waals surface area (Å²) in [5.41, 5.74) is 11.2. The first-order valence-corrected chi connectivity index (χ1v) is 12.9. The van der Waals surface area contributed by atoms with E-state index in [-0.39, 0.29) is 23.3 Å². The van der Waals surface area contributed by atoms with Crippen LogP contribution < -0.4 is 10.9 Å². The molecule has 0 saturated carbocycles. The van der Waals surface area contributed by atoms with E-state index < -0.39 is 0 Å². The number of nitrogens with zero attached hydrogens (tertiary/aromatic N) is 2. The molecule has 0 atom stereocenters. The van der Waals surface area contributed by atoms with Crippen LogP contribution in [0.4, 0.5) is 0 Å². The van der Waals surface area contributed by atoms with Crippen LogP contribution in [-0.4, -0.2) is 35.7 Å². The van der Waals surface area contributed by atoms with Crippen molar-refractivity contribution in [2.45, 2.75) is 0 Å². The maximum Gasteiger partial charge on any atom is 0.250 e. The summed E-state index contributed by atoms with van der Waals surface area (Å²) in [5, 5.41) is 7.98. The monoisotopic (exact) mass is 506 g/mol. The number of hydrogen-bond acceptors (Lipinski definition) is 5. The summed E-state index contributed by atoms with van der Waals surface area (Å²) in [5.74, 6) is -0.334. The second-order valence-corrected chi connectivity index (χ2v) is 9.04. The summed E-state index contributed by atoms with van der Waals surface area (Å²) in [7, 11) is 0. The Morgan fingerprint density at radius 3 is 1.27 bits per heavy atom. The first-order chi connectivity index (χ1) is 18.2. The number of nitrogens with one attached hydrogen (secondary N) is 2. The van der Waals surface area contributed by atoms with Gasteiger partial charge in [0.2, 0.25) is 11.8 Å². The summed E-state index contributed by atoms with van der Waals surface area (Å²) < 4.78 is 0. The molecule has 2 amide bonds. The van der Waals surface area contributed by atoms with Gasteiger partial charge in [-0.1, -0.05) is 109 Å². The molecule has 0 saturated heterocycles. The van der Waals surface area contributed by atoms with E-state index in [0.717, 1.165) is 33.4 Å². The second-order valence-electron chi connectivity index (χ2n) is 8.06. The average Bonchev–Trinajstić information content (AvgIpc) is 2.95. The maximum atomic E-state index is 12.0. The van der Waals surface area contributed by atoms with E-state index in [1.807, 2.05) is 84.9 Å². The largest absolute Gasteiger partial charge is 0.272 e. The van der Waals surface area contributed by atoms with Gasteiger partial charge in [0.25, 0.3) is 0 Å². The highest BCUT2D eigenvalue weighted by Crippen LogP contribution is 2.19. The average molecular weight is 507 g/mol. The Kier molecular flexibility index (Phi) is 9.38. The van der Waals surface area contributed by atoms with Crippen molar-refractivity contribution < 1.29 is 9.59 Å². The molecule has 0 spiro atoms. The van der Waals surface area contributed by atoms with Gasteiger partial charge in [0.15, 0.2) is 0 Å². The summed E-state index contributed by atoms with van der Waals surface area (Å²) in [6.07, 6.45) is 3.18. The van der Waals surface area contributed by atoms with Crippen LogP contribution >= 0.6 is 11.8 Å². The number of benzene rings is 4. The molecule has 7 heteroatoms. The van der Waals surface area contributed by atoms with E-state index >= 15 is 0 Å². The Morgan fingerprint density at radius 1 is 0.541 bits per heavy atom. The molecule has 4 aromatic carbocycles. The lowest BCUT2D eigenvalue weighted by molar-refractivity contribution is -0.118. The van der Waals surface area contributed by atoms with Crippen LogP contribution in [0, 0.1) is 0 Å². The summed E-state index contributed by atoms with van der Waals surface area (Å²) in [6, 6.07) is 36.0. The molecule has 4 rings (SSSR count). The first-order valence-electron chi connectivity index (χ1n) is 11.7. The van der Waals surface area contributed by atoms with Crippen LogP contribution in [0.15, 0.2) is 119 Å². The van der Waals surface area contributed by atoms with Gasteiger partial charge in [0.1, 0.15) is 0 Å². The van der Waals surface area contributed by atoms with E-state index in [2.05, 4.69) is 45.3 Å². The second kappa shape index (κ2) is 13.6. The normalized spacial score (nSPS) is 11.0. The molecule has 37 heavy (non-hydrogen) atoms. The number of thioether (sulfide) groups is 1. The molecule has 184 valence electrons. The molecule has 0 unspecified atom stereocenters. The van der Waals surface area contributed by atoms with Gasteiger partial charge in [0, 0.05) is 0 Å². The minimum Gasteiger partial charge on any atom is -0.272 e. The minimum atomic E-state index is -0.281. The topological polar surface area (TPSA) is 82.9 Å². The zero-order chi connectivity index (χ0) is 25.7. The number of carbonyl (C=O) groups excluding carboxylic acids is 2. The zero-order valence-electron chi connectivity index (χ0n) is 20.1. The van der Waals surface area contributed by atoms with Crippen LogP contribution in [0.1, 0.15) is 11.1 Å². The standard InChI is InChI=1S/C30H26N4O2S/c35-29(33-31-19-23-11-15-27(16-12-23)25-7-3-1-4-8-25)21-37-22-30(36)34-32-20-24-13-17-28(18-14-24)26-9-5-2-6-10-26/h1-20H,21-22H2,(H,33,35)(H,34,36)/b31-19-,32-20-. The van der Waals surface area contributed by atoms with Crippen LogP contribution in [0.5, 0.6) is 0 Å². The molecule has 0 heterocycles. The molecule has 0 aliphatic carbocycles. The van der Waals surface area contributed by atoms with Crippen molar-refractivity contribution in [3.05, 3.63) is 120 Å². The Morgan fingerprint density at radius 2 is 0.892 bits per heavy atom. The fourth-order valence-corrected chi connectivity index (χ4v) is 4.05. The van der Waals surface area contributed by atoms with Crippen molar-refractivity contribution in [1.29, 1.82) is 0 Å². The predicted molar refractivity (Wildman–Crippen MR) is 153 cm³/mol. The lowest BCUT2D eigenvalue weighted by Gasteiger charge is -2.03. The Labute approximate surface area is 220 Å². The number of amides is 2. The van der Waals surface area contributed by atoms with E-state index in [4.69, 9.17) is 0 Å². The summed E-state index contributed by atoms with van der Waals surface area (Å²) >= 11 is 1.19. The quantitative estimate of drug-likeness (QED) is 0.225. The number of carbonyl (C=O) groups is 2. The van der Waals surface area contributed by atoms with E-state index in [1.54, 1.807) is 12.4 Å². The fraction of sp³-hybridized carbons (Fsp3) is 0.0667. The van der Waals surface area contributed by atoms with Crippen molar-refractivity contribution >= 4 is 36.0 Å². The molecule has 6 nitrogen and oxygen atoms in total. The Balaban J connectivity index is 1.13. The number of rotatable bonds is 10. The summed E-state index contributed by atoms with van der Waals surface area (Å²) in [4.78, 5) is 24.0. The molecule has 2 N–H and O–H groups in total. The van der Waals surface area contributed by atoms with Crippen molar-refractivity contribution in [2.75, 3.05) is 11.5 Å². The highest BCUT2D eigenvalue weighted by molar-refractivity contribution is 8.00. The molecule has 0 bridgehead atoms. The van der Waals surface area contributed by atoms with Gasteiger partial charge in [-0.15, -0.1) is 11.8 Å². The molecular formula is C30H26N4O2S. The Bertz CT molecular complexity index is 1250. The van der Waals surface area contributed by atoms with Crippen LogP contribution in [-0.2, 0) is 9.59 Å². The highest BCUT2D eigenvalue weighted by atomic mass is 32.2. The van der Waals surface area contributed by atoms with Gasteiger partial charge < -0.3 is 0 Å². The number of hydrogen-bond donors (Lipinski definition) is 2. The van der Waals surface area contributed by atoms with E-state index in [1.165, 1.54) is 11.8 Å². The molecular weight excluding hydrogens is 480 g/mol.